The maximum Gasteiger partial charge on any atom is 0.104 e. The molecule has 0 aliphatic heterocycles. The molecule has 0 bridgehead atoms. The summed E-state index contributed by atoms with van der Waals surface area (Å²) in [5.41, 5.74) is 0. The Morgan fingerprint density at radius 3 is 2.69 bits per heavy atom. The van der Waals surface area contributed by atoms with E-state index in [9.17, 15) is 0 Å². The predicted octanol–water partition coefficient (Wildman–Crippen LogP) is 2.46. The molecule has 1 unspecified atom stereocenters. The topological polar surface area (TPSA) is 25.2 Å². The van der Waals surface area contributed by atoms with Crippen molar-refractivity contribution in [3.05, 3.63) is 24.2 Å². The molecule has 0 saturated heterocycles. The first-order valence-corrected chi connectivity index (χ1v) is 4.94. The Balaban J connectivity index is 2.22. The highest BCUT2D eigenvalue weighted by Gasteiger charge is 2.05. The van der Waals surface area contributed by atoms with E-state index < -0.39 is 0 Å². The zero-order valence-electron chi connectivity index (χ0n) is 8.71. The summed E-state index contributed by atoms with van der Waals surface area (Å²) in [6, 6.07) is 4.54. The van der Waals surface area contributed by atoms with Crippen molar-refractivity contribution in [1.29, 1.82) is 0 Å². The van der Waals surface area contributed by atoms with Gasteiger partial charge in [-0.1, -0.05) is 20.8 Å². The smallest absolute Gasteiger partial charge is 0.104 e. The standard InChI is InChI=1S/C11H19NO/c1-9(2)12-8-10(3)7-11-5-4-6-13-11/h4-6,9-10,12H,7-8H2,1-3H3. The van der Waals surface area contributed by atoms with Gasteiger partial charge in [-0.15, -0.1) is 0 Å². The third kappa shape index (κ3) is 4.13. The Labute approximate surface area is 80.3 Å². The van der Waals surface area contributed by atoms with Gasteiger partial charge in [0.1, 0.15) is 5.76 Å². The SMILES string of the molecule is CC(CNC(C)C)Cc1ccco1. The van der Waals surface area contributed by atoms with Gasteiger partial charge >= 0.3 is 0 Å². The monoisotopic (exact) mass is 181 g/mol. The highest BCUT2D eigenvalue weighted by atomic mass is 16.3. The first kappa shape index (κ1) is 10.3. The molecule has 74 valence electrons. The molecule has 1 aromatic heterocycles. The Morgan fingerprint density at radius 2 is 2.15 bits per heavy atom. The summed E-state index contributed by atoms with van der Waals surface area (Å²) in [6.45, 7) is 7.62. The quantitative estimate of drug-likeness (QED) is 0.754. The Hall–Kier alpha value is -0.760. The maximum atomic E-state index is 5.28. The van der Waals surface area contributed by atoms with E-state index in [2.05, 4.69) is 26.1 Å². The molecule has 0 spiro atoms. The van der Waals surface area contributed by atoms with Crippen LogP contribution < -0.4 is 5.32 Å². The van der Waals surface area contributed by atoms with E-state index in [1.54, 1.807) is 6.26 Å². The number of hydrogen-bond acceptors (Lipinski definition) is 2. The minimum absolute atomic E-state index is 0.569. The average Bonchev–Trinajstić information content (AvgIpc) is 2.53. The van der Waals surface area contributed by atoms with E-state index in [4.69, 9.17) is 4.42 Å². The Kier molecular flexibility index (Phi) is 4.03. The summed E-state index contributed by atoms with van der Waals surface area (Å²) in [6.07, 6.45) is 2.75. The molecule has 2 heteroatoms. The number of nitrogens with one attached hydrogen (secondary N) is 1. The van der Waals surface area contributed by atoms with Crippen molar-refractivity contribution in [2.45, 2.75) is 33.2 Å². The van der Waals surface area contributed by atoms with Crippen LogP contribution in [0.2, 0.25) is 0 Å². The molecule has 0 radical (unpaired) electrons. The fourth-order valence-corrected chi connectivity index (χ4v) is 1.28. The third-order valence-electron chi connectivity index (χ3n) is 2.00. The fraction of sp³-hybridized carbons (Fsp3) is 0.636. The second kappa shape index (κ2) is 5.07. The van der Waals surface area contributed by atoms with E-state index in [-0.39, 0.29) is 0 Å². The summed E-state index contributed by atoms with van der Waals surface area (Å²) in [4.78, 5) is 0. The van der Waals surface area contributed by atoms with Crippen molar-refractivity contribution in [3.8, 4) is 0 Å². The van der Waals surface area contributed by atoms with Crippen LogP contribution in [0.15, 0.2) is 22.8 Å². The minimum Gasteiger partial charge on any atom is -0.469 e. The van der Waals surface area contributed by atoms with Gasteiger partial charge in [0.05, 0.1) is 6.26 Å². The van der Waals surface area contributed by atoms with Gasteiger partial charge in [-0.25, -0.2) is 0 Å². The van der Waals surface area contributed by atoms with Gasteiger partial charge in [0, 0.05) is 12.5 Å². The predicted molar refractivity (Wildman–Crippen MR) is 54.7 cm³/mol. The average molecular weight is 181 g/mol. The van der Waals surface area contributed by atoms with Crippen molar-refractivity contribution in [3.63, 3.8) is 0 Å². The Morgan fingerprint density at radius 1 is 1.38 bits per heavy atom. The van der Waals surface area contributed by atoms with Crippen molar-refractivity contribution < 1.29 is 4.42 Å². The third-order valence-corrected chi connectivity index (χ3v) is 2.00. The summed E-state index contributed by atoms with van der Waals surface area (Å²) < 4.78 is 5.28. The molecule has 1 aromatic rings. The normalized spacial score (nSPS) is 13.5. The summed E-state index contributed by atoms with van der Waals surface area (Å²) in [7, 11) is 0. The highest BCUT2D eigenvalue weighted by molar-refractivity contribution is 4.98. The number of rotatable bonds is 5. The Bertz CT molecular complexity index is 216. The number of hydrogen-bond donors (Lipinski definition) is 1. The molecule has 0 saturated carbocycles. The molecule has 2 nitrogen and oxygen atoms in total. The van der Waals surface area contributed by atoms with Crippen LogP contribution in [-0.2, 0) is 6.42 Å². The second-order valence-corrected chi connectivity index (χ2v) is 3.95. The molecule has 0 aromatic carbocycles. The van der Waals surface area contributed by atoms with Crippen LogP contribution in [0.4, 0.5) is 0 Å². The molecule has 0 aliphatic rings. The van der Waals surface area contributed by atoms with Crippen molar-refractivity contribution in [2.75, 3.05) is 6.54 Å². The van der Waals surface area contributed by atoms with Crippen LogP contribution in [-0.4, -0.2) is 12.6 Å². The van der Waals surface area contributed by atoms with Gasteiger partial charge in [-0.3, -0.25) is 0 Å². The molecule has 0 amide bonds. The van der Waals surface area contributed by atoms with Gasteiger partial charge in [0.25, 0.3) is 0 Å². The summed E-state index contributed by atoms with van der Waals surface area (Å²) in [5, 5.41) is 3.42. The first-order valence-electron chi connectivity index (χ1n) is 4.94. The van der Waals surface area contributed by atoms with Crippen LogP contribution in [0.3, 0.4) is 0 Å². The lowest BCUT2D eigenvalue weighted by Crippen LogP contribution is -2.28. The van der Waals surface area contributed by atoms with E-state index in [1.165, 1.54) is 0 Å². The van der Waals surface area contributed by atoms with E-state index in [0.29, 0.717) is 12.0 Å². The van der Waals surface area contributed by atoms with E-state index >= 15 is 0 Å². The zero-order chi connectivity index (χ0) is 9.68. The van der Waals surface area contributed by atoms with Crippen molar-refractivity contribution >= 4 is 0 Å². The van der Waals surface area contributed by atoms with Crippen LogP contribution in [0.1, 0.15) is 26.5 Å². The molecule has 1 rings (SSSR count). The molecule has 13 heavy (non-hydrogen) atoms. The largest absolute Gasteiger partial charge is 0.469 e. The number of furan rings is 1. The van der Waals surface area contributed by atoms with Gasteiger partial charge < -0.3 is 9.73 Å². The fourth-order valence-electron chi connectivity index (χ4n) is 1.28. The van der Waals surface area contributed by atoms with Gasteiger partial charge in [0.2, 0.25) is 0 Å². The molecular weight excluding hydrogens is 162 g/mol. The lowest BCUT2D eigenvalue weighted by Gasteiger charge is -2.13. The first-order chi connectivity index (χ1) is 6.18. The van der Waals surface area contributed by atoms with E-state index in [0.717, 1.165) is 18.7 Å². The van der Waals surface area contributed by atoms with Crippen molar-refractivity contribution in [2.24, 2.45) is 5.92 Å². The van der Waals surface area contributed by atoms with Gasteiger partial charge in [0.15, 0.2) is 0 Å². The minimum atomic E-state index is 0.569. The molecule has 1 atom stereocenters. The highest BCUT2D eigenvalue weighted by Crippen LogP contribution is 2.08. The molecular formula is C11H19NO. The zero-order valence-corrected chi connectivity index (χ0v) is 8.71. The lowest BCUT2D eigenvalue weighted by molar-refractivity contribution is 0.425. The van der Waals surface area contributed by atoms with Crippen molar-refractivity contribution in [1.82, 2.24) is 5.32 Å². The van der Waals surface area contributed by atoms with Crippen LogP contribution in [0.25, 0.3) is 0 Å². The molecule has 1 heterocycles. The molecule has 1 N–H and O–H groups in total. The summed E-state index contributed by atoms with van der Waals surface area (Å²) >= 11 is 0. The van der Waals surface area contributed by atoms with Gasteiger partial charge in [-0.05, 0) is 24.6 Å². The van der Waals surface area contributed by atoms with Gasteiger partial charge in [-0.2, -0.15) is 0 Å². The second-order valence-electron chi connectivity index (χ2n) is 3.95. The summed E-state index contributed by atoms with van der Waals surface area (Å²) in [5.74, 6) is 1.71. The molecule has 0 aliphatic carbocycles. The van der Waals surface area contributed by atoms with E-state index in [1.807, 2.05) is 12.1 Å². The maximum absolute atomic E-state index is 5.28. The van der Waals surface area contributed by atoms with Crippen LogP contribution >= 0.6 is 0 Å². The van der Waals surface area contributed by atoms with Crippen LogP contribution in [0, 0.1) is 5.92 Å². The lowest BCUT2D eigenvalue weighted by atomic mass is 10.1. The van der Waals surface area contributed by atoms with Crippen LogP contribution in [0.5, 0.6) is 0 Å². The molecule has 0 fully saturated rings.